The first-order valence-electron chi connectivity index (χ1n) is 5.64. The molecule has 0 saturated carbocycles. The summed E-state index contributed by atoms with van der Waals surface area (Å²) < 4.78 is 0. The fourth-order valence-corrected chi connectivity index (χ4v) is 1.48. The predicted molar refractivity (Wildman–Crippen MR) is 72.9 cm³/mol. The second-order valence-corrected chi connectivity index (χ2v) is 3.79. The van der Waals surface area contributed by atoms with E-state index in [9.17, 15) is 4.79 Å². The van der Waals surface area contributed by atoms with Crippen molar-refractivity contribution in [2.24, 2.45) is 10.1 Å². The summed E-state index contributed by atoms with van der Waals surface area (Å²) in [5.74, 6) is 0. The van der Waals surface area contributed by atoms with Crippen LogP contribution in [-0.2, 0) is 0 Å². The predicted octanol–water partition coefficient (Wildman–Crippen LogP) is 2.54. The van der Waals surface area contributed by atoms with Gasteiger partial charge in [0.25, 0.3) is 0 Å². The molecule has 5 heteroatoms. The zero-order chi connectivity index (χ0) is 12.8. The molecule has 0 aliphatic carbocycles. The van der Waals surface area contributed by atoms with Crippen LogP contribution >= 0.6 is 0 Å². The topological polar surface area (TPSA) is 65.8 Å². The number of carbonyl (C=O) groups is 1. The van der Waals surface area contributed by atoms with Crippen LogP contribution in [0.25, 0.3) is 0 Å². The fourth-order valence-electron chi connectivity index (χ4n) is 1.48. The quantitative estimate of drug-likeness (QED) is 0.769. The molecule has 1 heterocycles. The number of anilines is 1. The third-order valence-corrected chi connectivity index (χ3v) is 2.43. The van der Waals surface area contributed by atoms with Crippen molar-refractivity contribution in [3.05, 3.63) is 42.6 Å². The van der Waals surface area contributed by atoms with E-state index in [2.05, 4.69) is 20.8 Å². The van der Waals surface area contributed by atoms with Crippen LogP contribution in [0.15, 0.2) is 52.7 Å². The van der Waals surface area contributed by atoms with Gasteiger partial charge in [0.1, 0.15) is 0 Å². The van der Waals surface area contributed by atoms with Gasteiger partial charge in [-0.1, -0.05) is 24.3 Å². The van der Waals surface area contributed by atoms with E-state index in [0.717, 1.165) is 17.1 Å². The lowest BCUT2D eigenvalue weighted by Crippen LogP contribution is -2.27. The van der Waals surface area contributed by atoms with Crippen molar-refractivity contribution in [2.75, 3.05) is 5.32 Å². The highest BCUT2D eigenvalue weighted by molar-refractivity contribution is 6.42. The molecule has 5 nitrogen and oxygen atoms in total. The first kappa shape index (κ1) is 12.0. The third kappa shape index (κ3) is 3.28. The molecule has 18 heavy (non-hydrogen) atoms. The average molecular weight is 242 g/mol. The summed E-state index contributed by atoms with van der Waals surface area (Å²) in [4.78, 5) is 15.7. The van der Waals surface area contributed by atoms with Crippen molar-refractivity contribution in [1.29, 1.82) is 0 Å². The molecule has 0 radical (unpaired) electrons. The number of benzene rings is 1. The van der Waals surface area contributed by atoms with Crippen LogP contribution in [0, 0.1) is 0 Å². The third-order valence-electron chi connectivity index (χ3n) is 2.43. The molecule has 0 atom stereocenters. The minimum Gasteiger partial charge on any atom is -0.307 e. The molecule has 2 N–H and O–H groups in total. The van der Waals surface area contributed by atoms with E-state index in [1.165, 1.54) is 0 Å². The number of hydrogen-bond donors (Lipinski definition) is 2. The fraction of sp³-hybridized carbons (Fsp3) is 0.154. The molecule has 0 unspecified atom stereocenters. The molecule has 0 fully saturated rings. The highest BCUT2D eigenvalue weighted by Gasteiger charge is 2.06. The molecule has 2 rings (SSSR count). The van der Waals surface area contributed by atoms with Gasteiger partial charge in [0.15, 0.2) is 0 Å². The number of nitrogens with zero attached hydrogens (tertiary/aromatic N) is 2. The van der Waals surface area contributed by atoms with Crippen molar-refractivity contribution in [3.8, 4) is 0 Å². The number of urea groups is 1. The number of allylic oxidation sites excluding steroid dienone is 1. The van der Waals surface area contributed by atoms with Gasteiger partial charge in [0.2, 0.25) is 0 Å². The second-order valence-electron chi connectivity index (χ2n) is 3.79. The lowest BCUT2D eigenvalue weighted by molar-refractivity contribution is 0.252. The molecule has 2 amide bonds. The smallest absolute Gasteiger partial charge is 0.307 e. The highest BCUT2D eigenvalue weighted by Crippen LogP contribution is 2.04. The SMILES string of the molecule is CC1=NC=CCC1=NNC(=O)Nc1ccccc1. The summed E-state index contributed by atoms with van der Waals surface area (Å²) in [6.07, 6.45) is 4.31. The van der Waals surface area contributed by atoms with E-state index >= 15 is 0 Å². The van der Waals surface area contributed by atoms with E-state index in [1.54, 1.807) is 6.20 Å². The minimum absolute atomic E-state index is 0.365. The van der Waals surface area contributed by atoms with E-state index in [4.69, 9.17) is 0 Å². The Kier molecular flexibility index (Phi) is 3.86. The lowest BCUT2D eigenvalue weighted by atomic mass is 10.1. The Morgan fingerprint density at radius 1 is 1.33 bits per heavy atom. The molecule has 0 bridgehead atoms. The minimum atomic E-state index is -0.365. The van der Waals surface area contributed by atoms with Crippen molar-refractivity contribution in [3.63, 3.8) is 0 Å². The maximum Gasteiger partial charge on any atom is 0.339 e. The van der Waals surface area contributed by atoms with Gasteiger partial charge in [0, 0.05) is 18.3 Å². The van der Waals surface area contributed by atoms with Gasteiger partial charge in [-0.2, -0.15) is 5.10 Å². The number of amides is 2. The van der Waals surface area contributed by atoms with Crippen molar-refractivity contribution < 1.29 is 4.79 Å². The van der Waals surface area contributed by atoms with Crippen molar-refractivity contribution in [1.82, 2.24) is 5.43 Å². The summed E-state index contributed by atoms with van der Waals surface area (Å²) in [7, 11) is 0. The standard InChI is InChI=1S/C13H14N4O/c1-10-12(8-5-9-14-10)16-17-13(18)15-11-6-3-2-4-7-11/h2-7,9H,8H2,1H3,(H2,15,17,18). The molecule has 1 aromatic carbocycles. The Bertz CT molecular complexity index is 517. The summed E-state index contributed by atoms with van der Waals surface area (Å²) in [6, 6.07) is 8.84. The highest BCUT2D eigenvalue weighted by atomic mass is 16.2. The van der Waals surface area contributed by atoms with Crippen LogP contribution in [0.3, 0.4) is 0 Å². The van der Waals surface area contributed by atoms with Gasteiger partial charge >= 0.3 is 6.03 Å². The second kappa shape index (κ2) is 5.77. The monoisotopic (exact) mass is 242 g/mol. The van der Waals surface area contributed by atoms with Gasteiger partial charge < -0.3 is 5.32 Å². The van der Waals surface area contributed by atoms with Gasteiger partial charge in [0.05, 0.1) is 11.4 Å². The number of hydrazone groups is 1. The molecular formula is C13H14N4O. The van der Waals surface area contributed by atoms with Crippen LogP contribution in [0.2, 0.25) is 0 Å². The summed E-state index contributed by atoms with van der Waals surface area (Å²) in [6.45, 7) is 1.86. The van der Waals surface area contributed by atoms with Gasteiger partial charge in [-0.3, -0.25) is 4.99 Å². The van der Waals surface area contributed by atoms with Gasteiger partial charge in [-0.05, 0) is 19.1 Å². The maximum absolute atomic E-state index is 11.6. The van der Waals surface area contributed by atoms with Crippen molar-refractivity contribution >= 4 is 23.1 Å². The van der Waals surface area contributed by atoms with Gasteiger partial charge in [-0.15, -0.1) is 0 Å². The van der Waals surface area contributed by atoms with E-state index in [0.29, 0.717) is 6.42 Å². The van der Waals surface area contributed by atoms with Gasteiger partial charge in [-0.25, -0.2) is 10.2 Å². The number of aliphatic imine (C=N–C) groups is 1. The van der Waals surface area contributed by atoms with E-state index in [-0.39, 0.29) is 6.03 Å². The first-order valence-corrected chi connectivity index (χ1v) is 5.64. The number of nitrogens with one attached hydrogen (secondary N) is 2. The zero-order valence-electron chi connectivity index (χ0n) is 10.1. The first-order chi connectivity index (χ1) is 8.75. The molecule has 1 aliphatic rings. The Labute approximate surface area is 105 Å². The maximum atomic E-state index is 11.6. The normalized spacial score (nSPS) is 16.3. The number of hydrogen-bond acceptors (Lipinski definition) is 3. The number of carbonyl (C=O) groups excluding carboxylic acids is 1. The summed E-state index contributed by atoms with van der Waals surface area (Å²) in [5, 5.41) is 6.71. The number of rotatable bonds is 2. The number of para-hydroxylation sites is 1. The van der Waals surface area contributed by atoms with Crippen LogP contribution in [0.5, 0.6) is 0 Å². The molecule has 0 spiro atoms. The van der Waals surface area contributed by atoms with Crippen molar-refractivity contribution in [2.45, 2.75) is 13.3 Å². The van der Waals surface area contributed by atoms with Crippen LogP contribution in [-0.4, -0.2) is 17.5 Å². The summed E-state index contributed by atoms with van der Waals surface area (Å²) in [5.41, 5.74) is 4.76. The van der Waals surface area contributed by atoms with Crippen LogP contribution < -0.4 is 10.7 Å². The van der Waals surface area contributed by atoms with Crippen LogP contribution in [0.1, 0.15) is 13.3 Å². The Balaban J connectivity index is 1.91. The van der Waals surface area contributed by atoms with Crippen LogP contribution in [0.4, 0.5) is 10.5 Å². The molecule has 0 aromatic heterocycles. The van der Waals surface area contributed by atoms with E-state index in [1.807, 2.05) is 43.3 Å². The molecular weight excluding hydrogens is 228 g/mol. The van der Waals surface area contributed by atoms with E-state index < -0.39 is 0 Å². The average Bonchev–Trinajstić information content (AvgIpc) is 2.39. The Morgan fingerprint density at radius 2 is 2.11 bits per heavy atom. The molecule has 1 aromatic rings. The largest absolute Gasteiger partial charge is 0.339 e. The molecule has 1 aliphatic heterocycles. The lowest BCUT2D eigenvalue weighted by Gasteiger charge is -2.08. The summed E-state index contributed by atoms with van der Waals surface area (Å²) >= 11 is 0. The zero-order valence-corrected chi connectivity index (χ0v) is 10.1. The Hall–Kier alpha value is -2.43. The Morgan fingerprint density at radius 3 is 2.83 bits per heavy atom. The molecule has 0 saturated heterocycles. The molecule has 92 valence electrons.